The highest BCUT2D eigenvalue weighted by atomic mass is 16.5. The van der Waals surface area contributed by atoms with Crippen LogP contribution in [0.1, 0.15) is 25.3 Å². The van der Waals surface area contributed by atoms with Crippen molar-refractivity contribution in [2.45, 2.75) is 19.8 Å². The van der Waals surface area contributed by atoms with Crippen LogP contribution in [0.4, 0.5) is 5.69 Å². The van der Waals surface area contributed by atoms with E-state index >= 15 is 0 Å². The first-order chi connectivity index (χ1) is 8.65. The van der Waals surface area contributed by atoms with E-state index in [1.54, 1.807) is 13.2 Å². The van der Waals surface area contributed by atoms with E-state index in [-0.39, 0.29) is 5.91 Å². The zero-order chi connectivity index (χ0) is 13.1. The fourth-order valence-electron chi connectivity index (χ4n) is 1.92. The van der Waals surface area contributed by atoms with Gasteiger partial charge in [-0.05, 0) is 18.2 Å². The molecule has 96 valence electrons. The number of benzene rings is 1. The summed E-state index contributed by atoms with van der Waals surface area (Å²) in [6, 6.07) is 5.46. The van der Waals surface area contributed by atoms with Crippen LogP contribution in [0.25, 0.3) is 0 Å². The van der Waals surface area contributed by atoms with Crippen molar-refractivity contribution in [3.63, 3.8) is 0 Å². The van der Waals surface area contributed by atoms with Gasteiger partial charge in [-0.2, -0.15) is 5.10 Å². The number of amides is 1. The van der Waals surface area contributed by atoms with Crippen molar-refractivity contribution in [2.24, 2.45) is 5.10 Å². The van der Waals surface area contributed by atoms with Crippen molar-refractivity contribution in [3.05, 3.63) is 23.8 Å². The number of methoxy groups -OCH3 is 1. The van der Waals surface area contributed by atoms with Gasteiger partial charge in [-0.3, -0.25) is 4.79 Å². The second-order valence-electron chi connectivity index (χ2n) is 4.12. The number of nitrogens with zero attached hydrogens (tertiary/aromatic N) is 2. The Morgan fingerprint density at radius 1 is 1.56 bits per heavy atom. The summed E-state index contributed by atoms with van der Waals surface area (Å²) >= 11 is 0. The van der Waals surface area contributed by atoms with Gasteiger partial charge in [0.15, 0.2) is 0 Å². The van der Waals surface area contributed by atoms with Gasteiger partial charge in [-0.25, -0.2) is 5.01 Å². The van der Waals surface area contributed by atoms with Gasteiger partial charge in [0.2, 0.25) is 5.91 Å². The van der Waals surface area contributed by atoms with E-state index in [2.05, 4.69) is 5.10 Å². The van der Waals surface area contributed by atoms with Crippen LogP contribution in [0.2, 0.25) is 0 Å². The van der Waals surface area contributed by atoms with Gasteiger partial charge in [0, 0.05) is 24.1 Å². The second-order valence-corrected chi connectivity index (χ2v) is 4.12. The van der Waals surface area contributed by atoms with Crippen molar-refractivity contribution in [1.82, 2.24) is 5.01 Å². The molecule has 0 spiro atoms. The fourth-order valence-corrected chi connectivity index (χ4v) is 1.92. The first kappa shape index (κ1) is 12.4. The highest BCUT2D eigenvalue weighted by Crippen LogP contribution is 2.24. The lowest BCUT2D eigenvalue weighted by atomic mass is 10.1. The van der Waals surface area contributed by atoms with Crippen LogP contribution in [0, 0.1) is 0 Å². The Balaban J connectivity index is 2.30. The van der Waals surface area contributed by atoms with Crippen molar-refractivity contribution in [1.29, 1.82) is 0 Å². The lowest BCUT2D eigenvalue weighted by Gasteiger charge is -2.09. The molecular weight excluding hydrogens is 230 g/mol. The molecular formula is C13H17N3O2. The van der Waals surface area contributed by atoms with Crippen molar-refractivity contribution < 1.29 is 9.53 Å². The molecule has 5 heteroatoms. The summed E-state index contributed by atoms with van der Waals surface area (Å²) < 4.78 is 5.17. The predicted molar refractivity (Wildman–Crippen MR) is 70.6 cm³/mol. The molecule has 1 aromatic carbocycles. The van der Waals surface area contributed by atoms with Gasteiger partial charge in [0.05, 0.1) is 19.4 Å². The minimum absolute atomic E-state index is 0.0338. The molecule has 0 radical (unpaired) electrons. The Bertz CT molecular complexity index is 497. The van der Waals surface area contributed by atoms with E-state index in [1.807, 2.05) is 19.1 Å². The van der Waals surface area contributed by atoms with Crippen molar-refractivity contribution >= 4 is 17.3 Å². The molecule has 2 N–H and O–H groups in total. The zero-order valence-electron chi connectivity index (χ0n) is 10.6. The molecule has 0 saturated carbocycles. The van der Waals surface area contributed by atoms with E-state index in [4.69, 9.17) is 10.5 Å². The first-order valence-electron chi connectivity index (χ1n) is 5.97. The Hall–Kier alpha value is -2.04. The van der Waals surface area contributed by atoms with E-state index < -0.39 is 0 Å². The number of carbonyl (C=O) groups is 1. The number of hydrogen-bond donors (Lipinski definition) is 1. The van der Waals surface area contributed by atoms with Crippen LogP contribution < -0.4 is 10.5 Å². The summed E-state index contributed by atoms with van der Waals surface area (Å²) in [6.07, 6.45) is 1.19. The van der Waals surface area contributed by atoms with Crippen LogP contribution in [-0.4, -0.2) is 30.3 Å². The van der Waals surface area contributed by atoms with Crippen LogP contribution >= 0.6 is 0 Å². The molecule has 1 aliphatic heterocycles. The fraction of sp³-hybridized carbons (Fsp3) is 0.385. The zero-order valence-corrected chi connectivity index (χ0v) is 10.6. The topological polar surface area (TPSA) is 67.9 Å². The maximum Gasteiger partial charge on any atom is 0.242 e. The van der Waals surface area contributed by atoms with E-state index in [9.17, 15) is 4.79 Å². The summed E-state index contributed by atoms with van der Waals surface area (Å²) in [5.41, 5.74) is 8.28. The molecule has 2 rings (SSSR count). The molecule has 0 atom stereocenters. The highest BCUT2D eigenvalue weighted by Gasteiger charge is 2.21. The molecule has 0 bridgehead atoms. The SMILES string of the molecule is CCC(=O)N1CCC(c2cc(OC)ccc2N)=N1. The highest BCUT2D eigenvalue weighted by molar-refractivity contribution is 6.06. The molecule has 18 heavy (non-hydrogen) atoms. The smallest absolute Gasteiger partial charge is 0.242 e. The number of hydrogen-bond acceptors (Lipinski definition) is 4. The van der Waals surface area contributed by atoms with Crippen molar-refractivity contribution in [3.8, 4) is 5.75 Å². The number of ether oxygens (including phenoxy) is 1. The third-order valence-electron chi connectivity index (χ3n) is 2.96. The maximum atomic E-state index is 11.6. The molecule has 0 aromatic heterocycles. The number of anilines is 1. The molecule has 0 saturated heterocycles. The summed E-state index contributed by atoms with van der Waals surface area (Å²) in [5, 5.41) is 5.84. The molecule has 1 aromatic rings. The maximum absolute atomic E-state index is 11.6. The molecule has 1 heterocycles. The summed E-state index contributed by atoms with van der Waals surface area (Å²) in [6.45, 7) is 2.45. The van der Waals surface area contributed by atoms with Gasteiger partial charge in [0.1, 0.15) is 5.75 Å². The molecule has 0 fully saturated rings. The molecule has 0 aliphatic carbocycles. The quantitative estimate of drug-likeness (QED) is 0.825. The van der Waals surface area contributed by atoms with Crippen LogP contribution in [-0.2, 0) is 4.79 Å². The third-order valence-corrected chi connectivity index (χ3v) is 2.96. The minimum Gasteiger partial charge on any atom is -0.497 e. The monoisotopic (exact) mass is 247 g/mol. The largest absolute Gasteiger partial charge is 0.497 e. The average molecular weight is 247 g/mol. The predicted octanol–water partition coefficient (Wildman–Crippen LogP) is 1.62. The van der Waals surface area contributed by atoms with Gasteiger partial charge in [-0.1, -0.05) is 6.92 Å². The second kappa shape index (κ2) is 5.08. The van der Waals surface area contributed by atoms with Gasteiger partial charge in [-0.15, -0.1) is 0 Å². The third kappa shape index (κ3) is 2.30. The Morgan fingerprint density at radius 3 is 3.00 bits per heavy atom. The summed E-state index contributed by atoms with van der Waals surface area (Å²) in [4.78, 5) is 11.6. The minimum atomic E-state index is 0.0338. The number of nitrogens with two attached hydrogens (primary N) is 1. The molecule has 1 aliphatic rings. The summed E-state index contributed by atoms with van der Waals surface area (Å²) in [5.74, 6) is 0.772. The number of rotatable bonds is 3. The number of hydrazone groups is 1. The van der Waals surface area contributed by atoms with E-state index in [0.717, 1.165) is 23.4 Å². The van der Waals surface area contributed by atoms with Crippen molar-refractivity contribution in [2.75, 3.05) is 19.4 Å². The Labute approximate surface area is 106 Å². The summed E-state index contributed by atoms with van der Waals surface area (Å²) in [7, 11) is 1.61. The normalized spacial score (nSPS) is 14.6. The number of carbonyl (C=O) groups excluding carboxylic acids is 1. The molecule has 1 amide bonds. The van der Waals surface area contributed by atoms with Crippen LogP contribution in [0.15, 0.2) is 23.3 Å². The lowest BCUT2D eigenvalue weighted by molar-refractivity contribution is -0.130. The first-order valence-corrected chi connectivity index (χ1v) is 5.97. The standard InChI is InChI=1S/C13H17N3O2/c1-3-13(17)16-7-6-12(15-16)10-8-9(18-2)4-5-11(10)14/h4-5,8H,3,6-7,14H2,1-2H3. The molecule has 0 unspecified atom stereocenters. The van der Waals surface area contributed by atoms with Crippen LogP contribution in [0.5, 0.6) is 5.75 Å². The van der Waals surface area contributed by atoms with Gasteiger partial charge in [0.25, 0.3) is 0 Å². The van der Waals surface area contributed by atoms with E-state index in [0.29, 0.717) is 18.7 Å². The molecule has 5 nitrogen and oxygen atoms in total. The van der Waals surface area contributed by atoms with Gasteiger partial charge >= 0.3 is 0 Å². The average Bonchev–Trinajstić information content (AvgIpc) is 2.88. The Morgan fingerprint density at radius 2 is 2.33 bits per heavy atom. The van der Waals surface area contributed by atoms with Gasteiger partial charge < -0.3 is 10.5 Å². The van der Waals surface area contributed by atoms with Crippen LogP contribution in [0.3, 0.4) is 0 Å². The lowest BCUT2D eigenvalue weighted by Crippen LogP contribution is -2.21. The Kier molecular flexibility index (Phi) is 3.50. The van der Waals surface area contributed by atoms with E-state index in [1.165, 1.54) is 5.01 Å². The number of nitrogen functional groups attached to an aromatic ring is 1.